The lowest BCUT2D eigenvalue weighted by atomic mass is 9.91. The van der Waals surface area contributed by atoms with Crippen LogP contribution in [0.25, 0.3) is 21.9 Å². The average molecular weight is 418 g/mol. The number of rotatable bonds is 8. The Morgan fingerprint density at radius 3 is 2.63 bits per heavy atom. The van der Waals surface area contributed by atoms with Crippen molar-refractivity contribution in [1.29, 1.82) is 0 Å². The van der Waals surface area contributed by atoms with Crippen molar-refractivity contribution in [3.05, 3.63) is 52.6 Å². The number of aliphatic carboxylic acids is 1. The van der Waals surface area contributed by atoms with Crippen LogP contribution in [0.3, 0.4) is 0 Å². The minimum Gasteiger partial charge on any atom is -0.489 e. The molecule has 160 valence electrons. The standard InChI is InChI=1S/C21H22O9/c1-11(20(25)26)7-12(22)9-21(2,27)17(23)10-29-19-13-3-4-18(24)30-16(13)8-15-14(19)5-6-28-15/h3-8,12,17,22-23,27H,9-10H2,1-2H3,(H,25,26). The number of ether oxygens (including phenoxy) is 1. The van der Waals surface area contributed by atoms with Gasteiger partial charge in [-0.2, -0.15) is 0 Å². The Kier molecular flexibility index (Phi) is 5.97. The Balaban J connectivity index is 1.81. The smallest absolute Gasteiger partial charge is 0.336 e. The van der Waals surface area contributed by atoms with E-state index < -0.39 is 29.4 Å². The van der Waals surface area contributed by atoms with E-state index in [9.17, 15) is 24.9 Å². The molecule has 4 N–H and O–H groups in total. The van der Waals surface area contributed by atoms with Crippen LogP contribution in [-0.2, 0) is 4.79 Å². The zero-order valence-corrected chi connectivity index (χ0v) is 16.4. The molecular weight excluding hydrogens is 396 g/mol. The molecule has 0 spiro atoms. The van der Waals surface area contributed by atoms with Crippen molar-refractivity contribution in [2.24, 2.45) is 0 Å². The highest BCUT2D eigenvalue weighted by Crippen LogP contribution is 2.35. The second-order valence-corrected chi connectivity index (χ2v) is 7.31. The molecule has 3 atom stereocenters. The first-order chi connectivity index (χ1) is 14.1. The number of aliphatic hydroxyl groups is 3. The number of carboxylic acid groups (broad SMARTS) is 1. The molecule has 1 aromatic carbocycles. The van der Waals surface area contributed by atoms with Gasteiger partial charge in [0.2, 0.25) is 0 Å². The summed E-state index contributed by atoms with van der Waals surface area (Å²) in [6.07, 6.45) is -0.481. The maximum absolute atomic E-state index is 11.5. The van der Waals surface area contributed by atoms with E-state index in [0.717, 1.165) is 6.08 Å². The molecule has 0 amide bonds. The van der Waals surface area contributed by atoms with E-state index in [-0.39, 0.29) is 24.2 Å². The summed E-state index contributed by atoms with van der Waals surface area (Å²) >= 11 is 0. The third kappa shape index (κ3) is 4.54. The Hall–Kier alpha value is -3.14. The zero-order valence-electron chi connectivity index (χ0n) is 16.4. The van der Waals surface area contributed by atoms with Crippen molar-refractivity contribution < 1.29 is 38.8 Å². The van der Waals surface area contributed by atoms with Crippen LogP contribution >= 0.6 is 0 Å². The monoisotopic (exact) mass is 418 g/mol. The number of carboxylic acids is 1. The Bertz CT molecular complexity index is 1150. The number of fused-ring (bicyclic) bond motifs is 2. The first-order valence-electron chi connectivity index (χ1n) is 9.15. The predicted molar refractivity (Wildman–Crippen MR) is 106 cm³/mol. The number of carbonyl (C=O) groups is 1. The van der Waals surface area contributed by atoms with Crippen LogP contribution in [0.2, 0.25) is 0 Å². The molecule has 3 aromatic rings. The van der Waals surface area contributed by atoms with Crippen LogP contribution in [0.1, 0.15) is 20.3 Å². The summed E-state index contributed by atoms with van der Waals surface area (Å²) in [4.78, 5) is 22.4. The van der Waals surface area contributed by atoms with Crippen molar-refractivity contribution >= 4 is 27.9 Å². The summed E-state index contributed by atoms with van der Waals surface area (Å²) in [6.45, 7) is 2.28. The van der Waals surface area contributed by atoms with Crippen molar-refractivity contribution in [3.63, 3.8) is 0 Å². The molecule has 0 aliphatic rings. The lowest BCUT2D eigenvalue weighted by Gasteiger charge is -2.30. The van der Waals surface area contributed by atoms with Gasteiger partial charge in [-0.25, -0.2) is 9.59 Å². The highest BCUT2D eigenvalue weighted by Gasteiger charge is 2.33. The SMILES string of the molecule is CC(=CC(O)CC(C)(O)C(O)COc1c2ccoc2cc2oc(=O)ccc12)C(=O)O. The third-order valence-electron chi connectivity index (χ3n) is 4.81. The molecule has 9 nitrogen and oxygen atoms in total. The Morgan fingerprint density at radius 2 is 1.93 bits per heavy atom. The predicted octanol–water partition coefficient (Wildman–Crippen LogP) is 1.81. The van der Waals surface area contributed by atoms with Crippen LogP contribution in [0.5, 0.6) is 5.75 Å². The molecule has 0 aliphatic carbocycles. The van der Waals surface area contributed by atoms with Gasteiger partial charge in [-0.3, -0.25) is 0 Å². The lowest BCUT2D eigenvalue weighted by molar-refractivity contribution is -0.132. The molecule has 3 unspecified atom stereocenters. The summed E-state index contributed by atoms with van der Waals surface area (Å²) < 4.78 is 16.3. The number of hydrogen-bond donors (Lipinski definition) is 4. The molecule has 0 fully saturated rings. The summed E-state index contributed by atoms with van der Waals surface area (Å²) in [5.41, 5.74) is -1.74. The summed E-state index contributed by atoms with van der Waals surface area (Å²) in [5.74, 6) is -0.888. The third-order valence-corrected chi connectivity index (χ3v) is 4.81. The van der Waals surface area contributed by atoms with E-state index >= 15 is 0 Å². The fourth-order valence-electron chi connectivity index (χ4n) is 3.09. The first kappa shape index (κ1) is 21.6. The quantitative estimate of drug-likeness (QED) is 0.317. The molecule has 9 heteroatoms. The van der Waals surface area contributed by atoms with Gasteiger partial charge in [-0.1, -0.05) is 0 Å². The topological polar surface area (TPSA) is 151 Å². The summed E-state index contributed by atoms with van der Waals surface area (Å²) in [5, 5.41) is 41.0. The highest BCUT2D eigenvalue weighted by atomic mass is 16.5. The van der Waals surface area contributed by atoms with Gasteiger partial charge in [0.05, 0.1) is 28.7 Å². The largest absolute Gasteiger partial charge is 0.489 e. The van der Waals surface area contributed by atoms with Crippen molar-refractivity contribution in [2.75, 3.05) is 6.61 Å². The molecule has 0 radical (unpaired) electrons. The average Bonchev–Trinajstić information content (AvgIpc) is 3.12. The molecule has 2 aromatic heterocycles. The second-order valence-electron chi connectivity index (χ2n) is 7.31. The molecule has 0 saturated carbocycles. The van der Waals surface area contributed by atoms with E-state index in [4.69, 9.17) is 18.7 Å². The molecule has 0 bridgehead atoms. The van der Waals surface area contributed by atoms with Crippen LogP contribution < -0.4 is 10.4 Å². The molecule has 2 heterocycles. The molecule has 0 aliphatic heterocycles. The van der Waals surface area contributed by atoms with Crippen LogP contribution in [0.4, 0.5) is 0 Å². The fourth-order valence-corrected chi connectivity index (χ4v) is 3.09. The van der Waals surface area contributed by atoms with Crippen molar-refractivity contribution in [2.45, 2.75) is 38.1 Å². The van der Waals surface area contributed by atoms with E-state index in [1.165, 1.54) is 32.2 Å². The highest BCUT2D eigenvalue weighted by molar-refractivity contribution is 6.01. The number of benzene rings is 1. The minimum atomic E-state index is -1.78. The number of furan rings is 1. The van der Waals surface area contributed by atoms with Crippen LogP contribution in [-0.4, -0.2) is 50.8 Å². The van der Waals surface area contributed by atoms with Gasteiger partial charge in [0.1, 0.15) is 29.6 Å². The van der Waals surface area contributed by atoms with Crippen molar-refractivity contribution in [3.8, 4) is 5.75 Å². The van der Waals surface area contributed by atoms with E-state index in [1.54, 1.807) is 12.1 Å². The van der Waals surface area contributed by atoms with Gasteiger partial charge in [-0.15, -0.1) is 0 Å². The second kappa shape index (κ2) is 8.31. The van der Waals surface area contributed by atoms with E-state index in [2.05, 4.69) is 0 Å². The van der Waals surface area contributed by atoms with Gasteiger partial charge in [0, 0.05) is 24.1 Å². The van der Waals surface area contributed by atoms with E-state index in [0.29, 0.717) is 22.1 Å². The minimum absolute atomic E-state index is 0.0800. The zero-order chi connectivity index (χ0) is 22.1. The normalized spacial score (nSPS) is 16.4. The van der Waals surface area contributed by atoms with Crippen LogP contribution in [0, 0.1) is 0 Å². The van der Waals surface area contributed by atoms with Gasteiger partial charge < -0.3 is 34.0 Å². The van der Waals surface area contributed by atoms with E-state index in [1.807, 2.05) is 0 Å². The Morgan fingerprint density at radius 1 is 1.23 bits per heavy atom. The van der Waals surface area contributed by atoms with Crippen LogP contribution in [0.15, 0.2) is 55.8 Å². The maximum atomic E-state index is 11.5. The summed E-state index contributed by atoms with van der Waals surface area (Å²) in [6, 6.07) is 5.97. The lowest BCUT2D eigenvalue weighted by Crippen LogP contribution is -2.45. The number of aliphatic hydroxyl groups excluding tert-OH is 2. The van der Waals surface area contributed by atoms with Gasteiger partial charge >= 0.3 is 11.6 Å². The first-order valence-corrected chi connectivity index (χ1v) is 9.15. The summed E-state index contributed by atoms with van der Waals surface area (Å²) in [7, 11) is 0. The molecule has 30 heavy (non-hydrogen) atoms. The van der Waals surface area contributed by atoms with Gasteiger partial charge in [0.15, 0.2) is 0 Å². The van der Waals surface area contributed by atoms with Gasteiger partial charge in [0.25, 0.3) is 0 Å². The van der Waals surface area contributed by atoms with Crippen molar-refractivity contribution in [1.82, 2.24) is 0 Å². The Labute approximate surface area is 170 Å². The number of hydrogen-bond acceptors (Lipinski definition) is 8. The fraction of sp³-hybridized carbons (Fsp3) is 0.333. The molecule has 3 rings (SSSR count). The maximum Gasteiger partial charge on any atom is 0.336 e. The van der Waals surface area contributed by atoms with Gasteiger partial charge in [-0.05, 0) is 32.1 Å². The molecular formula is C21H22O9. The molecule has 0 saturated heterocycles.